The van der Waals surface area contributed by atoms with E-state index in [0.717, 1.165) is 38.5 Å². The van der Waals surface area contributed by atoms with E-state index < -0.39 is 12.1 Å². The van der Waals surface area contributed by atoms with Gasteiger partial charge in [-0.2, -0.15) is 0 Å². The predicted octanol–water partition coefficient (Wildman–Crippen LogP) is 20.6. The number of carbonyl (C=O) groups excluding carboxylic acids is 2. The van der Waals surface area contributed by atoms with Gasteiger partial charge in [0.05, 0.1) is 25.4 Å². The van der Waals surface area contributed by atoms with Gasteiger partial charge < -0.3 is 20.3 Å². The molecule has 0 aromatic carbocycles. The number of hydrogen-bond acceptors (Lipinski definition) is 5. The van der Waals surface area contributed by atoms with Crippen LogP contribution in [0.2, 0.25) is 0 Å². The zero-order valence-electron chi connectivity index (χ0n) is 48.5. The Morgan fingerprint density at radius 2 is 0.577 bits per heavy atom. The van der Waals surface area contributed by atoms with Crippen LogP contribution in [0.5, 0.6) is 0 Å². The molecule has 0 saturated heterocycles. The number of hydrogen-bond donors (Lipinski definition) is 3. The van der Waals surface area contributed by atoms with Crippen LogP contribution in [0, 0.1) is 0 Å². The topological polar surface area (TPSA) is 95.9 Å². The Morgan fingerprint density at radius 3 is 0.859 bits per heavy atom. The van der Waals surface area contributed by atoms with E-state index in [1.165, 1.54) is 308 Å². The lowest BCUT2D eigenvalue weighted by Crippen LogP contribution is -2.45. The van der Waals surface area contributed by atoms with Crippen molar-refractivity contribution in [3.05, 3.63) is 0 Å². The molecule has 2 atom stereocenters. The molecule has 0 rings (SSSR count). The van der Waals surface area contributed by atoms with Crippen LogP contribution in [0.4, 0.5) is 0 Å². The molecule has 0 aliphatic rings. The average Bonchev–Trinajstić information content (AvgIpc) is 3.37. The molecule has 0 aromatic heterocycles. The molecule has 0 fully saturated rings. The van der Waals surface area contributed by atoms with E-state index in [1.54, 1.807) is 0 Å². The van der Waals surface area contributed by atoms with E-state index in [9.17, 15) is 19.8 Å². The minimum Gasteiger partial charge on any atom is -0.466 e. The lowest BCUT2D eigenvalue weighted by atomic mass is 10.0. The smallest absolute Gasteiger partial charge is 0.305 e. The highest BCUT2D eigenvalue weighted by Crippen LogP contribution is 2.19. The predicted molar refractivity (Wildman–Crippen MR) is 310 cm³/mol. The first-order valence-corrected chi connectivity index (χ1v) is 32.8. The third-order valence-electron chi connectivity index (χ3n) is 15.7. The van der Waals surface area contributed by atoms with Gasteiger partial charge in [0.15, 0.2) is 0 Å². The molecule has 6 nitrogen and oxygen atoms in total. The summed E-state index contributed by atoms with van der Waals surface area (Å²) in [5.41, 5.74) is 0. The summed E-state index contributed by atoms with van der Waals surface area (Å²) in [7, 11) is 0. The van der Waals surface area contributed by atoms with Crippen molar-refractivity contribution >= 4 is 11.9 Å². The minimum absolute atomic E-state index is 0.0130. The highest BCUT2D eigenvalue weighted by Gasteiger charge is 2.20. The van der Waals surface area contributed by atoms with Gasteiger partial charge >= 0.3 is 5.97 Å². The number of amides is 1. The number of rotatable bonds is 62. The summed E-state index contributed by atoms with van der Waals surface area (Å²) in [6, 6.07) is -0.542. The van der Waals surface area contributed by atoms with Crippen LogP contribution in [-0.4, -0.2) is 47.4 Å². The fourth-order valence-electron chi connectivity index (χ4n) is 10.6. The van der Waals surface area contributed by atoms with Gasteiger partial charge in [0, 0.05) is 12.8 Å². The molecule has 71 heavy (non-hydrogen) atoms. The molecule has 0 saturated carbocycles. The monoisotopic (exact) mass is 1000 g/mol. The second-order valence-corrected chi connectivity index (χ2v) is 22.8. The fourth-order valence-corrected chi connectivity index (χ4v) is 10.6. The van der Waals surface area contributed by atoms with Crippen molar-refractivity contribution in [1.29, 1.82) is 0 Å². The number of aliphatic hydroxyl groups excluding tert-OH is 2. The molecule has 0 bridgehead atoms. The number of esters is 1. The maximum Gasteiger partial charge on any atom is 0.305 e. The zero-order valence-corrected chi connectivity index (χ0v) is 48.5. The normalized spacial score (nSPS) is 12.5. The van der Waals surface area contributed by atoms with Crippen LogP contribution in [0.25, 0.3) is 0 Å². The van der Waals surface area contributed by atoms with Gasteiger partial charge in [0.25, 0.3) is 0 Å². The number of nitrogens with one attached hydrogen (secondary N) is 1. The quantitative estimate of drug-likeness (QED) is 0.0417. The van der Waals surface area contributed by atoms with Gasteiger partial charge in [0.1, 0.15) is 0 Å². The summed E-state index contributed by atoms with van der Waals surface area (Å²) in [5, 5.41) is 23.4. The number of ether oxygens (including phenoxy) is 1. The Balaban J connectivity index is 3.38. The second kappa shape index (κ2) is 61.4. The van der Waals surface area contributed by atoms with Crippen molar-refractivity contribution in [2.24, 2.45) is 0 Å². The average molecular weight is 1000 g/mol. The first kappa shape index (κ1) is 69.9. The third-order valence-corrected chi connectivity index (χ3v) is 15.7. The Labute approximate surface area is 445 Å². The van der Waals surface area contributed by atoms with Crippen molar-refractivity contribution < 1.29 is 24.5 Å². The Kier molecular flexibility index (Phi) is 60.4. The van der Waals surface area contributed by atoms with E-state index in [0.29, 0.717) is 25.9 Å². The molecule has 6 heteroatoms. The standard InChI is InChI=1S/C65H129NO5/c1-3-5-7-9-11-13-15-16-17-18-19-20-22-25-28-31-34-38-41-45-49-53-57-63(68)62(61-67)66-64(69)58-54-50-46-42-39-35-32-29-26-23-21-24-27-30-33-36-40-44-48-52-56-60-71-65(70)59-55-51-47-43-37-14-12-10-8-6-4-2/h62-63,67-68H,3-61H2,1-2H3,(H,66,69). The summed E-state index contributed by atoms with van der Waals surface area (Å²) >= 11 is 0. The fraction of sp³-hybridized carbons (Fsp3) is 0.969. The zero-order chi connectivity index (χ0) is 51.4. The first-order chi connectivity index (χ1) is 35.0. The van der Waals surface area contributed by atoms with Crippen molar-refractivity contribution in [2.45, 2.75) is 392 Å². The maximum atomic E-state index is 12.5. The van der Waals surface area contributed by atoms with Crippen molar-refractivity contribution in [1.82, 2.24) is 5.32 Å². The Bertz CT molecular complexity index is 1020. The van der Waals surface area contributed by atoms with Crippen LogP contribution in [0.3, 0.4) is 0 Å². The number of unbranched alkanes of at least 4 members (excludes halogenated alkanes) is 51. The molecule has 0 aliphatic heterocycles. The molecule has 424 valence electrons. The van der Waals surface area contributed by atoms with Crippen LogP contribution < -0.4 is 5.32 Å². The highest BCUT2D eigenvalue weighted by atomic mass is 16.5. The molecule has 3 N–H and O–H groups in total. The third kappa shape index (κ3) is 58.0. The number of carbonyl (C=O) groups is 2. The lowest BCUT2D eigenvalue weighted by Gasteiger charge is -2.22. The highest BCUT2D eigenvalue weighted by molar-refractivity contribution is 5.76. The van der Waals surface area contributed by atoms with E-state index in [-0.39, 0.29) is 18.5 Å². The SMILES string of the molecule is CCCCCCCCCCCCCCCCCCCCCCCCC(O)C(CO)NC(=O)CCCCCCCCCCCCCCCCCCCCCCCOC(=O)CCCCCCCCCCCCC. The van der Waals surface area contributed by atoms with Gasteiger partial charge in [-0.05, 0) is 25.7 Å². The largest absolute Gasteiger partial charge is 0.466 e. The molecule has 0 aliphatic carbocycles. The molecule has 0 heterocycles. The first-order valence-electron chi connectivity index (χ1n) is 32.8. The van der Waals surface area contributed by atoms with Crippen molar-refractivity contribution in [3.8, 4) is 0 Å². The summed E-state index contributed by atoms with van der Waals surface area (Å²) in [6.45, 7) is 4.99. The summed E-state index contributed by atoms with van der Waals surface area (Å²) in [4.78, 5) is 24.5. The van der Waals surface area contributed by atoms with E-state index in [1.807, 2.05) is 0 Å². The molecular weight excluding hydrogens is 875 g/mol. The van der Waals surface area contributed by atoms with Gasteiger partial charge in [0.2, 0.25) is 5.91 Å². The van der Waals surface area contributed by atoms with Crippen LogP contribution in [0.1, 0.15) is 380 Å². The Hall–Kier alpha value is -1.14. The van der Waals surface area contributed by atoms with Gasteiger partial charge in [-0.1, -0.05) is 341 Å². The van der Waals surface area contributed by atoms with Gasteiger partial charge in [-0.25, -0.2) is 0 Å². The van der Waals surface area contributed by atoms with E-state index in [4.69, 9.17) is 4.74 Å². The Morgan fingerprint density at radius 1 is 0.338 bits per heavy atom. The minimum atomic E-state index is -0.665. The molecular formula is C65H129NO5. The van der Waals surface area contributed by atoms with Crippen molar-refractivity contribution in [3.63, 3.8) is 0 Å². The molecule has 0 aromatic rings. The van der Waals surface area contributed by atoms with E-state index >= 15 is 0 Å². The summed E-state index contributed by atoms with van der Waals surface area (Å²) in [6.07, 6.45) is 72.7. The van der Waals surface area contributed by atoms with E-state index in [2.05, 4.69) is 19.2 Å². The molecule has 2 unspecified atom stereocenters. The van der Waals surface area contributed by atoms with Gasteiger partial charge in [-0.15, -0.1) is 0 Å². The lowest BCUT2D eigenvalue weighted by molar-refractivity contribution is -0.143. The summed E-state index contributed by atoms with van der Waals surface area (Å²) in [5.74, 6) is -0.0178. The van der Waals surface area contributed by atoms with Crippen LogP contribution in [-0.2, 0) is 14.3 Å². The molecule has 1 amide bonds. The van der Waals surface area contributed by atoms with Gasteiger partial charge in [-0.3, -0.25) is 9.59 Å². The second-order valence-electron chi connectivity index (χ2n) is 22.8. The molecule has 0 radical (unpaired) electrons. The van der Waals surface area contributed by atoms with Crippen LogP contribution in [0.15, 0.2) is 0 Å². The van der Waals surface area contributed by atoms with Crippen LogP contribution >= 0.6 is 0 Å². The number of aliphatic hydroxyl groups is 2. The maximum absolute atomic E-state index is 12.5. The summed E-state index contributed by atoms with van der Waals surface area (Å²) < 4.78 is 5.47. The molecule has 0 spiro atoms. The van der Waals surface area contributed by atoms with Crippen molar-refractivity contribution in [2.75, 3.05) is 13.2 Å².